The van der Waals surface area contributed by atoms with Crippen LogP contribution in [0, 0.1) is 11.3 Å². The van der Waals surface area contributed by atoms with E-state index in [4.69, 9.17) is 10.00 Å². The minimum Gasteiger partial charge on any atom is -0.504 e. The molecule has 27 heavy (non-hydrogen) atoms. The van der Waals surface area contributed by atoms with Crippen LogP contribution in [0.5, 0.6) is 11.5 Å². The van der Waals surface area contributed by atoms with Crippen LogP contribution in [0.25, 0.3) is 27.8 Å². The predicted octanol–water partition coefficient (Wildman–Crippen LogP) is 2.97. The summed E-state index contributed by atoms with van der Waals surface area (Å²) in [5.74, 6) is 0.386. The molecule has 7 nitrogen and oxygen atoms in total. The molecule has 0 aliphatic rings. The van der Waals surface area contributed by atoms with E-state index in [1.165, 1.54) is 0 Å². The summed E-state index contributed by atoms with van der Waals surface area (Å²) >= 11 is 0. The molecule has 4 rings (SSSR count). The lowest BCUT2D eigenvalue weighted by Gasteiger charge is -2.10. The molecule has 0 fully saturated rings. The lowest BCUT2D eigenvalue weighted by molar-refractivity contribution is 0.416. The normalized spacial score (nSPS) is 10.7. The van der Waals surface area contributed by atoms with Gasteiger partial charge in [0.15, 0.2) is 11.3 Å². The van der Waals surface area contributed by atoms with Gasteiger partial charge in [-0.15, -0.1) is 0 Å². The maximum atomic E-state index is 11.8. The first-order valence-electron chi connectivity index (χ1n) is 8.09. The molecule has 3 aromatic heterocycles. The number of aromatic nitrogens is 3. The molecular weight excluding hydrogens is 344 g/mol. The second-order valence-electron chi connectivity index (χ2n) is 5.86. The van der Waals surface area contributed by atoms with Crippen molar-refractivity contribution in [1.82, 2.24) is 14.5 Å². The van der Waals surface area contributed by atoms with E-state index in [0.717, 1.165) is 22.6 Å². The van der Waals surface area contributed by atoms with Crippen molar-refractivity contribution in [2.45, 2.75) is 0 Å². The molecule has 132 valence electrons. The Morgan fingerprint density at radius 3 is 2.70 bits per heavy atom. The summed E-state index contributed by atoms with van der Waals surface area (Å²) < 4.78 is 7.08. The van der Waals surface area contributed by atoms with Crippen LogP contribution in [0.3, 0.4) is 0 Å². The summed E-state index contributed by atoms with van der Waals surface area (Å²) in [6.45, 7) is 0. The Morgan fingerprint density at radius 1 is 1.22 bits per heavy atom. The highest BCUT2D eigenvalue weighted by atomic mass is 16.5. The van der Waals surface area contributed by atoms with E-state index in [1.807, 2.05) is 24.3 Å². The zero-order chi connectivity index (χ0) is 19.0. The van der Waals surface area contributed by atoms with Crippen molar-refractivity contribution >= 4 is 11.0 Å². The Bertz CT molecular complexity index is 1250. The van der Waals surface area contributed by atoms with Crippen molar-refractivity contribution in [1.29, 1.82) is 5.26 Å². The van der Waals surface area contributed by atoms with Crippen LogP contribution in [0.1, 0.15) is 5.56 Å². The fraction of sp³-hybridized carbons (Fsp3) is 0.0500. The number of ether oxygens (including phenoxy) is 1. The van der Waals surface area contributed by atoms with Crippen molar-refractivity contribution in [2.24, 2.45) is 0 Å². The number of aromatic hydroxyl groups is 1. The van der Waals surface area contributed by atoms with Gasteiger partial charge in [0.1, 0.15) is 17.3 Å². The van der Waals surface area contributed by atoms with Crippen LogP contribution in [-0.4, -0.2) is 26.8 Å². The summed E-state index contributed by atoms with van der Waals surface area (Å²) in [6.07, 6.45) is 5.12. The maximum absolute atomic E-state index is 11.8. The number of pyridine rings is 2. The summed E-state index contributed by atoms with van der Waals surface area (Å²) in [4.78, 5) is 18.6. The van der Waals surface area contributed by atoms with Gasteiger partial charge in [0.25, 0.3) is 5.56 Å². The van der Waals surface area contributed by atoms with E-state index in [2.05, 4.69) is 9.97 Å². The topological polar surface area (TPSA) is 104 Å². The van der Waals surface area contributed by atoms with Crippen molar-refractivity contribution in [3.8, 4) is 34.4 Å². The van der Waals surface area contributed by atoms with Gasteiger partial charge < -0.3 is 19.4 Å². The first-order chi connectivity index (χ1) is 13.1. The first kappa shape index (κ1) is 16.4. The molecule has 0 aliphatic heterocycles. The highest BCUT2D eigenvalue weighted by molar-refractivity contribution is 5.86. The Kier molecular flexibility index (Phi) is 3.86. The average Bonchev–Trinajstić information content (AvgIpc) is 3.12. The molecule has 0 saturated carbocycles. The lowest BCUT2D eigenvalue weighted by Crippen LogP contribution is -2.10. The predicted molar refractivity (Wildman–Crippen MR) is 100 cm³/mol. The van der Waals surface area contributed by atoms with Gasteiger partial charge >= 0.3 is 0 Å². The molecule has 0 bridgehead atoms. The van der Waals surface area contributed by atoms with Gasteiger partial charge in [-0.3, -0.25) is 9.78 Å². The van der Waals surface area contributed by atoms with E-state index >= 15 is 0 Å². The van der Waals surface area contributed by atoms with Crippen LogP contribution in [0.15, 0.2) is 59.8 Å². The number of benzene rings is 1. The highest BCUT2D eigenvalue weighted by Crippen LogP contribution is 2.31. The number of nitrogens with zero attached hydrogens (tertiary/aromatic N) is 3. The highest BCUT2D eigenvalue weighted by Gasteiger charge is 2.16. The summed E-state index contributed by atoms with van der Waals surface area (Å²) in [6, 6.07) is 12.8. The fourth-order valence-electron chi connectivity index (χ4n) is 3.08. The second-order valence-corrected chi connectivity index (χ2v) is 5.86. The third-order valence-electron chi connectivity index (χ3n) is 4.39. The smallest absolute Gasteiger partial charge is 0.270 e. The van der Waals surface area contributed by atoms with Gasteiger partial charge in [0.2, 0.25) is 0 Å². The monoisotopic (exact) mass is 358 g/mol. The second kappa shape index (κ2) is 6.35. The van der Waals surface area contributed by atoms with Crippen LogP contribution in [0.2, 0.25) is 0 Å². The van der Waals surface area contributed by atoms with E-state index < -0.39 is 5.56 Å². The zero-order valence-electron chi connectivity index (χ0n) is 14.3. The molecule has 0 amide bonds. The van der Waals surface area contributed by atoms with Gasteiger partial charge in [-0.1, -0.05) is 12.1 Å². The van der Waals surface area contributed by atoms with E-state index in [0.29, 0.717) is 11.0 Å². The molecule has 2 N–H and O–H groups in total. The van der Waals surface area contributed by atoms with Crippen molar-refractivity contribution < 1.29 is 9.84 Å². The number of methoxy groups -OCH3 is 1. The first-order valence-corrected chi connectivity index (χ1v) is 8.09. The quantitative estimate of drug-likeness (QED) is 0.586. The molecule has 4 aromatic rings. The zero-order valence-corrected chi connectivity index (χ0v) is 14.3. The summed E-state index contributed by atoms with van der Waals surface area (Å²) in [7, 11) is 1.61. The van der Waals surface area contributed by atoms with Gasteiger partial charge in [-0.05, 0) is 29.8 Å². The van der Waals surface area contributed by atoms with Crippen molar-refractivity contribution in [3.63, 3.8) is 0 Å². The van der Waals surface area contributed by atoms with Crippen LogP contribution < -0.4 is 10.3 Å². The number of aromatic amines is 1. The Morgan fingerprint density at radius 2 is 2.00 bits per heavy atom. The Labute approximate surface area is 153 Å². The number of hydrogen-bond acceptors (Lipinski definition) is 5. The molecule has 0 spiro atoms. The number of rotatable bonds is 3. The Hall–Kier alpha value is -4.05. The van der Waals surface area contributed by atoms with Gasteiger partial charge in [-0.2, -0.15) is 5.26 Å². The molecule has 0 atom stereocenters. The van der Waals surface area contributed by atoms with Crippen LogP contribution >= 0.6 is 0 Å². The minimum atomic E-state index is -0.612. The lowest BCUT2D eigenvalue weighted by atomic mass is 10.1. The van der Waals surface area contributed by atoms with Gasteiger partial charge in [-0.25, -0.2) is 0 Å². The summed E-state index contributed by atoms with van der Waals surface area (Å²) in [5.41, 5.74) is 2.46. The molecular formula is C20H14N4O3. The molecule has 0 aliphatic carbocycles. The largest absolute Gasteiger partial charge is 0.504 e. The fourth-order valence-corrected chi connectivity index (χ4v) is 3.08. The van der Waals surface area contributed by atoms with Crippen LogP contribution in [0.4, 0.5) is 0 Å². The van der Waals surface area contributed by atoms with Gasteiger partial charge in [0, 0.05) is 29.8 Å². The minimum absolute atomic E-state index is 0.306. The molecule has 0 unspecified atom stereocenters. The number of nitrogens with one attached hydrogen (secondary N) is 1. The van der Waals surface area contributed by atoms with Crippen molar-refractivity contribution in [3.05, 3.63) is 70.9 Å². The number of H-pyrrole nitrogens is 1. The summed E-state index contributed by atoms with van der Waals surface area (Å²) in [5, 5.41) is 19.5. The number of fused-ring (bicyclic) bond motifs is 1. The number of hydrogen-bond donors (Lipinski definition) is 2. The van der Waals surface area contributed by atoms with Gasteiger partial charge in [0.05, 0.1) is 12.6 Å². The standard InChI is InChI=1S/C20H14N4O3/c1-27-17-6-8-22-11-15(17)12-2-4-13(5-3-12)24-9-7-16-18(24)19(25)14(10-21)20(26)23-16/h2-9,11H,1H3,(H2,23,25,26). The van der Waals surface area contributed by atoms with Crippen LogP contribution in [-0.2, 0) is 0 Å². The third-order valence-corrected chi connectivity index (χ3v) is 4.39. The SMILES string of the molecule is COc1ccncc1-c1ccc(-n2ccc3[nH]c(=O)c(C#N)c(O)c32)cc1. The van der Waals surface area contributed by atoms with E-state index in [1.54, 1.807) is 48.5 Å². The molecule has 0 saturated heterocycles. The maximum Gasteiger partial charge on any atom is 0.270 e. The molecule has 1 aromatic carbocycles. The van der Waals surface area contributed by atoms with E-state index in [9.17, 15) is 9.90 Å². The molecule has 0 radical (unpaired) electrons. The number of nitriles is 1. The average molecular weight is 358 g/mol. The Balaban J connectivity index is 1.84. The molecule has 7 heteroatoms. The van der Waals surface area contributed by atoms with Crippen molar-refractivity contribution in [2.75, 3.05) is 7.11 Å². The molecule has 3 heterocycles. The third kappa shape index (κ3) is 2.60. The van der Waals surface area contributed by atoms with E-state index in [-0.39, 0.29) is 11.3 Å².